The largest absolute Gasteiger partial charge is 0.333 e. The second-order valence-corrected chi connectivity index (χ2v) is 6.88. The molecule has 1 aliphatic rings. The summed E-state index contributed by atoms with van der Waals surface area (Å²) in [6, 6.07) is 9.95. The van der Waals surface area contributed by atoms with E-state index in [1.807, 2.05) is 30.5 Å². The molecule has 3 nitrogen and oxygen atoms in total. The first-order valence-corrected chi connectivity index (χ1v) is 8.31. The number of nitrogens with zero attached hydrogens (tertiary/aromatic N) is 2. The number of benzene rings is 1. The van der Waals surface area contributed by atoms with Crippen LogP contribution in [0.4, 0.5) is 0 Å². The minimum atomic E-state index is 0.381. The topological polar surface area (TPSA) is 41.6 Å². The van der Waals surface area contributed by atoms with Crippen LogP contribution in [0.5, 0.6) is 0 Å². The van der Waals surface area contributed by atoms with E-state index < -0.39 is 0 Å². The third-order valence-electron chi connectivity index (χ3n) is 3.82. The van der Waals surface area contributed by atoms with Gasteiger partial charge in [0.25, 0.3) is 0 Å². The Balaban J connectivity index is 1.66. The summed E-state index contributed by atoms with van der Waals surface area (Å²) in [7, 11) is 0. The molecule has 1 atom stereocenters. The van der Waals surface area contributed by atoms with Gasteiger partial charge < -0.3 is 4.98 Å². The number of nitrogens with one attached hydrogen (secondary N) is 1. The van der Waals surface area contributed by atoms with Crippen molar-refractivity contribution in [3.8, 4) is 0 Å². The highest BCUT2D eigenvalue weighted by Gasteiger charge is 2.23. The number of pyridine rings is 1. The van der Waals surface area contributed by atoms with Crippen molar-refractivity contribution in [2.45, 2.75) is 29.7 Å². The Bertz CT molecular complexity index is 799. The Morgan fingerprint density at radius 2 is 2.24 bits per heavy atom. The summed E-state index contributed by atoms with van der Waals surface area (Å²) >= 11 is 7.79. The summed E-state index contributed by atoms with van der Waals surface area (Å²) in [6.45, 7) is 0. The van der Waals surface area contributed by atoms with Gasteiger partial charge in [-0.1, -0.05) is 29.4 Å². The molecule has 0 radical (unpaired) electrons. The van der Waals surface area contributed by atoms with Gasteiger partial charge in [0.05, 0.1) is 22.0 Å². The van der Waals surface area contributed by atoms with Crippen LogP contribution < -0.4 is 0 Å². The second-order valence-electron chi connectivity index (χ2n) is 5.25. The number of hydrogen-bond donors (Lipinski definition) is 1. The van der Waals surface area contributed by atoms with Gasteiger partial charge >= 0.3 is 0 Å². The number of thioether (sulfide) groups is 1. The predicted molar refractivity (Wildman–Crippen MR) is 86.9 cm³/mol. The zero-order valence-corrected chi connectivity index (χ0v) is 12.9. The lowest BCUT2D eigenvalue weighted by atomic mass is 9.96. The van der Waals surface area contributed by atoms with Crippen LogP contribution in [-0.2, 0) is 6.42 Å². The van der Waals surface area contributed by atoms with Crippen LogP contribution in [0.25, 0.3) is 11.0 Å². The molecule has 3 aromatic rings. The van der Waals surface area contributed by atoms with Crippen molar-refractivity contribution in [3.05, 3.63) is 52.8 Å². The zero-order valence-electron chi connectivity index (χ0n) is 11.3. The first-order valence-electron chi connectivity index (χ1n) is 7.05. The summed E-state index contributed by atoms with van der Waals surface area (Å²) in [4.78, 5) is 12.6. The molecule has 0 saturated carbocycles. The lowest BCUT2D eigenvalue weighted by molar-refractivity contribution is 0.654. The molecule has 1 aromatic carbocycles. The molecule has 5 heteroatoms. The van der Waals surface area contributed by atoms with Crippen LogP contribution in [0.15, 0.2) is 41.7 Å². The fraction of sp³-hybridized carbons (Fsp3) is 0.250. The van der Waals surface area contributed by atoms with Crippen LogP contribution in [0.3, 0.4) is 0 Å². The quantitative estimate of drug-likeness (QED) is 0.740. The second kappa shape index (κ2) is 5.35. The fourth-order valence-electron chi connectivity index (χ4n) is 2.83. The van der Waals surface area contributed by atoms with Crippen LogP contribution in [-0.4, -0.2) is 15.0 Å². The van der Waals surface area contributed by atoms with Gasteiger partial charge in [0.2, 0.25) is 0 Å². The number of H-pyrrole nitrogens is 1. The molecule has 0 amide bonds. The average Bonchev–Trinajstić information content (AvgIpc) is 2.89. The molecule has 0 bridgehead atoms. The molecule has 21 heavy (non-hydrogen) atoms. The highest BCUT2D eigenvalue weighted by atomic mass is 35.5. The van der Waals surface area contributed by atoms with Crippen molar-refractivity contribution < 1.29 is 0 Å². The highest BCUT2D eigenvalue weighted by molar-refractivity contribution is 7.99. The highest BCUT2D eigenvalue weighted by Crippen LogP contribution is 2.41. The number of rotatable bonds is 2. The maximum atomic E-state index is 6.02. The lowest BCUT2D eigenvalue weighted by Crippen LogP contribution is -2.09. The number of halogens is 1. The van der Waals surface area contributed by atoms with Gasteiger partial charge in [-0.25, -0.2) is 4.98 Å². The minimum absolute atomic E-state index is 0.381. The summed E-state index contributed by atoms with van der Waals surface area (Å²) < 4.78 is 0. The Hall–Kier alpha value is -1.52. The number of aryl methyl sites for hydroxylation is 1. The SMILES string of the molecule is Clc1ccc2nc(SC3CCCc4cccnc43)[nH]c2c1. The summed E-state index contributed by atoms with van der Waals surface area (Å²) in [5.41, 5.74) is 4.54. The molecule has 0 fully saturated rings. The van der Waals surface area contributed by atoms with E-state index in [9.17, 15) is 0 Å². The zero-order chi connectivity index (χ0) is 14.2. The Kier molecular flexibility index (Phi) is 3.36. The fourth-order valence-corrected chi connectivity index (χ4v) is 4.20. The standard InChI is InChI=1S/C16H14ClN3S/c17-11-6-7-12-13(9-11)20-16(19-12)21-14-5-1-3-10-4-2-8-18-15(10)14/h2,4,6-9,14H,1,3,5H2,(H,19,20). The molecule has 2 aromatic heterocycles. The molecule has 2 heterocycles. The summed E-state index contributed by atoms with van der Waals surface area (Å²) in [6.07, 6.45) is 5.38. The normalized spacial score (nSPS) is 17.9. The smallest absolute Gasteiger partial charge is 0.167 e. The predicted octanol–water partition coefficient (Wildman–Crippen LogP) is 4.78. The van der Waals surface area contributed by atoms with E-state index in [1.165, 1.54) is 17.7 Å². The minimum Gasteiger partial charge on any atom is -0.333 e. The van der Waals surface area contributed by atoms with Gasteiger partial charge in [-0.15, -0.1) is 0 Å². The van der Waals surface area contributed by atoms with Gasteiger partial charge in [0.15, 0.2) is 5.16 Å². The maximum absolute atomic E-state index is 6.02. The van der Waals surface area contributed by atoms with Crippen molar-refractivity contribution in [3.63, 3.8) is 0 Å². The molecular formula is C16H14ClN3S. The number of hydrogen-bond acceptors (Lipinski definition) is 3. The average molecular weight is 316 g/mol. The van der Waals surface area contributed by atoms with E-state index in [4.69, 9.17) is 11.6 Å². The van der Waals surface area contributed by atoms with Crippen LogP contribution in [0.2, 0.25) is 5.02 Å². The van der Waals surface area contributed by atoms with Crippen molar-refractivity contribution in [2.24, 2.45) is 0 Å². The van der Waals surface area contributed by atoms with E-state index >= 15 is 0 Å². The van der Waals surface area contributed by atoms with Gasteiger partial charge in [-0.05, 0) is 49.1 Å². The first kappa shape index (κ1) is 13.2. The molecular weight excluding hydrogens is 302 g/mol. The first-order chi connectivity index (χ1) is 10.3. The summed E-state index contributed by atoms with van der Waals surface area (Å²) in [5.74, 6) is 0. The van der Waals surface area contributed by atoms with E-state index in [0.717, 1.165) is 34.1 Å². The molecule has 0 spiro atoms. The maximum Gasteiger partial charge on any atom is 0.167 e. The van der Waals surface area contributed by atoms with E-state index in [-0.39, 0.29) is 0 Å². The van der Waals surface area contributed by atoms with Gasteiger partial charge in [-0.3, -0.25) is 4.98 Å². The third-order valence-corrected chi connectivity index (χ3v) is 5.21. The van der Waals surface area contributed by atoms with Gasteiger partial charge in [-0.2, -0.15) is 0 Å². The van der Waals surface area contributed by atoms with Crippen LogP contribution >= 0.6 is 23.4 Å². The Morgan fingerprint density at radius 1 is 1.29 bits per heavy atom. The molecule has 106 valence electrons. The molecule has 1 N–H and O–H groups in total. The van der Waals surface area contributed by atoms with Gasteiger partial charge in [0.1, 0.15) is 0 Å². The summed E-state index contributed by atoms with van der Waals surface area (Å²) in [5, 5.41) is 2.05. The van der Waals surface area contributed by atoms with Gasteiger partial charge in [0, 0.05) is 11.2 Å². The molecule has 0 saturated heterocycles. The van der Waals surface area contributed by atoms with Crippen molar-refractivity contribution >= 4 is 34.4 Å². The van der Waals surface area contributed by atoms with E-state index in [0.29, 0.717) is 5.25 Å². The van der Waals surface area contributed by atoms with Crippen LogP contribution in [0, 0.1) is 0 Å². The monoisotopic (exact) mass is 315 g/mol. The van der Waals surface area contributed by atoms with E-state index in [1.54, 1.807) is 11.8 Å². The van der Waals surface area contributed by atoms with Crippen molar-refractivity contribution in [1.82, 2.24) is 15.0 Å². The number of aromatic nitrogens is 3. The van der Waals surface area contributed by atoms with Crippen molar-refractivity contribution in [1.29, 1.82) is 0 Å². The molecule has 1 unspecified atom stereocenters. The number of fused-ring (bicyclic) bond motifs is 2. The Labute approximate surface area is 132 Å². The molecule has 1 aliphatic carbocycles. The Morgan fingerprint density at radius 3 is 3.19 bits per heavy atom. The van der Waals surface area contributed by atoms with E-state index in [2.05, 4.69) is 21.0 Å². The third kappa shape index (κ3) is 2.54. The number of aromatic amines is 1. The van der Waals surface area contributed by atoms with Crippen LogP contribution in [0.1, 0.15) is 29.3 Å². The number of imidazole rings is 1. The molecule has 4 rings (SSSR count). The lowest BCUT2D eigenvalue weighted by Gasteiger charge is -2.22. The van der Waals surface area contributed by atoms with Crippen molar-refractivity contribution in [2.75, 3.05) is 0 Å². The molecule has 0 aliphatic heterocycles.